The van der Waals surface area contributed by atoms with Crippen LogP contribution in [0.2, 0.25) is 10.0 Å². The fourth-order valence-corrected chi connectivity index (χ4v) is 4.25. The molecular formula is C25H27Cl2N3O4. The van der Waals surface area contributed by atoms with E-state index in [9.17, 15) is 19.2 Å². The van der Waals surface area contributed by atoms with Crippen molar-refractivity contribution in [2.45, 2.75) is 45.7 Å². The van der Waals surface area contributed by atoms with Gasteiger partial charge in [0, 0.05) is 36.1 Å². The monoisotopic (exact) mass is 503 g/mol. The Morgan fingerprint density at radius 3 is 2.29 bits per heavy atom. The molecule has 0 unspecified atom stereocenters. The predicted octanol–water partition coefficient (Wildman–Crippen LogP) is 4.31. The molecule has 3 rings (SSSR count). The largest absolute Gasteiger partial charge is 0.354 e. The summed E-state index contributed by atoms with van der Waals surface area (Å²) < 4.78 is 0. The first-order valence-corrected chi connectivity index (χ1v) is 12.0. The van der Waals surface area contributed by atoms with Crippen LogP contribution in [-0.4, -0.2) is 52.6 Å². The standard InChI is InChI=1S/C25H27Cl2N3O4/c1-3-12-28-23(32)16(2)30(15-17-10-11-18(26)14-21(17)27)22(31)9-6-13-29-24(33)19-7-4-5-8-20(19)25(29)34/h4-5,7-8,10-11,14,16H,3,6,9,12-13,15H2,1-2H3,(H,28,32)/t16-/m0/s1. The van der Waals surface area contributed by atoms with Crippen molar-refractivity contribution in [1.29, 1.82) is 0 Å². The molecule has 2 aromatic rings. The van der Waals surface area contributed by atoms with Gasteiger partial charge in [-0.25, -0.2) is 0 Å². The van der Waals surface area contributed by atoms with Gasteiger partial charge in [-0.15, -0.1) is 0 Å². The summed E-state index contributed by atoms with van der Waals surface area (Å²) in [7, 11) is 0. The minimum atomic E-state index is -0.731. The lowest BCUT2D eigenvalue weighted by Gasteiger charge is -2.29. The number of hydrogen-bond acceptors (Lipinski definition) is 4. The van der Waals surface area contributed by atoms with Crippen molar-refractivity contribution in [1.82, 2.24) is 15.1 Å². The summed E-state index contributed by atoms with van der Waals surface area (Å²) in [5.74, 6) is -1.25. The summed E-state index contributed by atoms with van der Waals surface area (Å²) in [5.41, 5.74) is 1.41. The summed E-state index contributed by atoms with van der Waals surface area (Å²) in [4.78, 5) is 53.5. The summed E-state index contributed by atoms with van der Waals surface area (Å²) >= 11 is 12.3. The molecule has 0 aromatic heterocycles. The molecule has 0 aliphatic carbocycles. The van der Waals surface area contributed by atoms with Crippen molar-refractivity contribution < 1.29 is 19.2 Å². The molecule has 1 N–H and O–H groups in total. The van der Waals surface area contributed by atoms with Gasteiger partial charge in [0.15, 0.2) is 0 Å². The molecule has 1 aliphatic heterocycles. The van der Waals surface area contributed by atoms with Crippen molar-refractivity contribution in [2.24, 2.45) is 0 Å². The molecule has 1 atom stereocenters. The highest BCUT2D eigenvalue weighted by atomic mass is 35.5. The molecule has 4 amide bonds. The summed E-state index contributed by atoms with van der Waals surface area (Å²) in [6, 6.07) is 10.9. The second kappa shape index (κ2) is 11.5. The molecule has 0 saturated carbocycles. The molecule has 0 radical (unpaired) electrons. The van der Waals surface area contributed by atoms with E-state index in [-0.39, 0.29) is 49.6 Å². The third-order valence-electron chi connectivity index (χ3n) is 5.72. The molecule has 9 heteroatoms. The molecule has 0 saturated heterocycles. The molecule has 0 spiro atoms. The van der Waals surface area contributed by atoms with E-state index >= 15 is 0 Å². The first kappa shape index (κ1) is 25.7. The zero-order valence-electron chi connectivity index (χ0n) is 19.1. The van der Waals surface area contributed by atoms with Crippen LogP contribution in [0.4, 0.5) is 0 Å². The van der Waals surface area contributed by atoms with E-state index in [0.717, 1.165) is 11.3 Å². The van der Waals surface area contributed by atoms with Crippen LogP contribution in [0.5, 0.6) is 0 Å². The third kappa shape index (κ3) is 5.77. The number of carbonyl (C=O) groups is 4. The molecule has 7 nitrogen and oxygen atoms in total. The smallest absolute Gasteiger partial charge is 0.261 e. The summed E-state index contributed by atoms with van der Waals surface area (Å²) in [6.07, 6.45) is 1.11. The van der Waals surface area contributed by atoms with Crippen LogP contribution in [0.25, 0.3) is 0 Å². The lowest BCUT2D eigenvalue weighted by molar-refractivity contribution is -0.140. The SMILES string of the molecule is CCCNC(=O)[C@H](C)N(Cc1ccc(Cl)cc1Cl)C(=O)CCCN1C(=O)c2ccccc2C1=O. The maximum atomic E-state index is 13.2. The Morgan fingerprint density at radius 1 is 1.06 bits per heavy atom. The normalized spacial score (nSPS) is 13.6. The van der Waals surface area contributed by atoms with Crippen LogP contribution in [0.3, 0.4) is 0 Å². The molecule has 0 bridgehead atoms. The van der Waals surface area contributed by atoms with Crippen LogP contribution < -0.4 is 5.32 Å². The average Bonchev–Trinajstić information content (AvgIpc) is 3.06. The van der Waals surface area contributed by atoms with Crippen LogP contribution >= 0.6 is 23.2 Å². The van der Waals surface area contributed by atoms with E-state index in [1.165, 1.54) is 4.90 Å². The second-order valence-electron chi connectivity index (χ2n) is 8.14. The van der Waals surface area contributed by atoms with Crippen molar-refractivity contribution in [3.05, 3.63) is 69.2 Å². The minimum Gasteiger partial charge on any atom is -0.354 e. The van der Waals surface area contributed by atoms with Gasteiger partial charge in [0.1, 0.15) is 6.04 Å². The van der Waals surface area contributed by atoms with Crippen LogP contribution in [0, 0.1) is 0 Å². The van der Waals surface area contributed by atoms with Gasteiger partial charge in [0.05, 0.1) is 11.1 Å². The summed E-state index contributed by atoms with van der Waals surface area (Å²) in [6.45, 7) is 4.36. The highest BCUT2D eigenvalue weighted by molar-refractivity contribution is 6.35. The molecule has 1 aliphatic rings. The lowest BCUT2D eigenvalue weighted by atomic mass is 10.1. The first-order chi connectivity index (χ1) is 16.2. The minimum absolute atomic E-state index is 0.0595. The number of imide groups is 1. The molecule has 34 heavy (non-hydrogen) atoms. The topological polar surface area (TPSA) is 86.8 Å². The molecule has 1 heterocycles. The van der Waals surface area contributed by atoms with Gasteiger partial charge < -0.3 is 10.2 Å². The van der Waals surface area contributed by atoms with Gasteiger partial charge in [-0.05, 0) is 49.6 Å². The second-order valence-corrected chi connectivity index (χ2v) is 8.98. The maximum absolute atomic E-state index is 13.2. The fourth-order valence-electron chi connectivity index (χ4n) is 3.79. The number of rotatable bonds is 10. The lowest BCUT2D eigenvalue weighted by Crippen LogP contribution is -2.48. The van der Waals surface area contributed by atoms with Crippen LogP contribution in [0.1, 0.15) is 59.4 Å². The Hall–Kier alpha value is -2.90. The zero-order chi connectivity index (χ0) is 24.8. The fraction of sp³-hybridized carbons (Fsp3) is 0.360. The Bertz CT molecular complexity index is 1070. The highest BCUT2D eigenvalue weighted by Crippen LogP contribution is 2.25. The van der Waals surface area contributed by atoms with Gasteiger partial charge in [-0.1, -0.05) is 48.3 Å². The molecule has 180 valence electrons. The predicted molar refractivity (Wildman–Crippen MR) is 131 cm³/mol. The number of carbonyl (C=O) groups excluding carboxylic acids is 4. The zero-order valence-corrected chi connectivity index (χ0v) is 20.7. The Labute approximate surface area is 209 Å². The van der Waals surface area contributed by atoms with E-state index in [0.29, 0.717) is 33.3 Å². The first-order valence-electron chi connectivity index (χ1n) is 11.2. The van der Waals surface area contributed by atoms with Crippen molar-refractivity contribution in [2.75, 3.05) is 13.1 Å². The van der Waals surface area contributed by atoms with Gasteiger partial charge in [0.2, 0.25) is 11.8 Å². The Morgan fingerprint density at radius 2 is 1.71 bits per heavy atom. The van der Waals surface area contributed by atoms with Crippen molar-refractivity contribution >= 4 is 46.8 Å². The average molecular weight is 504 g/mol. The van der Waals surface area contributed by atoms with Crippen LogP contribution in [0.15, 0.2) is 42.5 Å². The van der Waals surface area contributed by atoms with E-state index in [4.69, 9.17) is 23.2 Å². The number of amides is 4. The van der Waals surface area contributed by atoms with Gasteiger partial charge >= 0.3 is 0 Å². The number of fused-ring (bicyclic) bond motifs is 1. The number of nitrogens with zero attached hydrogens (tertiary/aromatic N) is 2. The summed E-state index contributed by atoms with van der Waals surface area (Å²) in [5, 5.41) is 3.69. The van der Waals surface area contributed by atoms with Crippen molar-refractivity contribution in [3.8, 4) is 0 Å². The van der Waals surface area contributed by atoms with Gasteiger partial charge in [0.25, 0.3) is 11.8 Å². The number of halogens is 2. The van der Waals surface area contributed by atoms with E-state index < -0.39 is 6.04 Å². The quantitative estimate of drug-likeness (QED) is 0.489. The third-order valence-corrected chi connectivity index (χ3v) is 6.31. The number of hydrogen-bond donors (Lipinski definition) is 1. The number of nitrogens with one attached hydrogen (secondary N) is 1. The Kier molecular flexibility index (Phi) is 8.69. The van der Waals surface area contributed by atoms with E-state index in [1.54, 1.807) is 49.4 Å². The van der Waals surface area contributed by atoms with Gasteiger partial charge in [-0.2, -0.15) is 0 Å². The highest BCUT2D eigenvalue weighted by Gasteiger charge is 2.35. The molecule has 0 fully saturated rings. The Balaban J connectivity index is 1.69. The van der Waals surface area contributed by atoms with Gasteiger partial charge in [-0.3, -0.25) is 24.1 Å². The maximum Gasteiger partial charge on any atom is 0.261 e. The number of benzene rings is 2. The van der Waals surface area contributed by atoms with Crippen LogP contribution in [-0.2, 0) is 16.1 Å². The molecular weight excluding hydrogens is 477 g/mol. The van der Waals surface area contributed by atoms with E-state index in [2.05, 4.69) is 5.32 Å². The van der Waals surface area contributed by atoms with E-state index in [1.807, 2.05) is 6.92 Å². The molecule has 2 aromatic carbocycles. The van der Waals surface area contributed by atoms with Crippen molar-refractivity contribution in [3.63, 3.8) is 0 Å².